The molecule has 2 heteroatoms. The van der Waals surface area contributed by atoms with Crippen LogP contribution in [0.5, 0.6) is 0 Å². The highest BCUT2D eigenvalue weighted by molar-refractivity contribution is 4.75. The standard InChI is InChI=1S/C12H24N2/c1-2-4-11(3-1)5-10-14-12-6-8-13-9-7-12/h11-14H,1-10H2. The monoisotopic (exact) mass is 196 g/mol. The highest BCUT2D eigenvalue weighted by Gasteiger charge is 2.16. The zero-order valence-electron chi connectivity index (χ0n) is 9.23. The normalized spacial score (nSPS) is 25.7. The van der Waals surface area contributed by atoms with Crippen LogP contribution in [0.2, 0.25) is 0 Å². The highest BCUT2D eigenvalue weighted by atomic mass is 15.0. The molecule has 0 unspecified atom stereocenters. The second-order valence-electron chi connectivity index (χ2n) is 4.92. The molecule has 0 atom stereocenters. The molecule has 2 N–H and O–H groups in total. The molecular formula is C12H24N2. The summed E-state index contributed by atoms with van der Waals surface area (Å²) in [5.41, 5.74) is 0. The average Bonchev–Trinajstić information content (AvgIpc) is 2.72. The van der Waals surface area contributed by atoms with Gasteiger partial charge in [-0.05, 0) is 44.8 Å². The van der Waals surface area contributed by atoms with Gasteiger partial charge in [-0.2, -0.15) is 0 Å². The summed E-state index contributed by atoms with van der Waals surface area (Å²) in [6.45, 7) is 3.68. The minimum atomic E-state index is 0.803. The van der Waals surface area contributed by atoms with Crippen molar-refractivity contribution in [3.05, 3.63) is 0 Å². The van der Waals surface area contributed by atoms with Gasteiger partial charge in [0.05, 0.1) is 0 Å². The molecule has 0 bridgehead atoms. The molecule has 0 amide bonds. The number of piperidine rings is 1. The van der Waals surface area contributed by atoms with Crippen molar-refractivity contribution in [3.8, 4) is 0 Å². The Morgan fingerprint density at radius 2 is 1.71 bits per heavy atom. The quantitative estimate of drug-likeness (QED) is 0.717. The van der Waals surface area contributed by atoms with Gasteiger partial charge in [0.1, 0.15) is 0 Å². The summed E-state index contributed by atoms with van der Waals surface area (Å²) in [6.07, 6.45) is 10.0. The first kappa shape index (κ1) is 10.4. The molecule has 0 aromatic heterocycles. The van der Waals surface area contributed by atoms with Gasteiger partial charge in [-0.1, -0.05) is 25.7 Å². The molecule has 0 aromatic carbocycles. The van der Waals surface area contributed by atoms with Gasteiger partial charge in [-0.15, -0.1) is 0 Å². The van der Waals surface area contributed by atoms with Crippen LogP contribution in [0.25, 0.3) is 0 Å². The van der Waals surface area contributed by atoms with Gasteiger partial charge in [-0.25, -0.2) is 0 Å². The molecule has 1 heterocycles. The lowest BCUT2D eigenvalue weighted by Crippen LogP contribution is -2.40. The van der Waals surface area contributed by atoms with E-state index in [0.29, 0.717) is 0 Å². The van der Waals surface area contributed by atoms with Crippen molar-refractivity contribution in [2.45, 2.75) is 51.0 Å². The summed E-state index contributed by atoms with van der Waals surface area (Å²) in [5, 5.41) is 7.11. The van der Waals surface area contributed by atoms with E-state index >= 15 is 0 Å². The van der Waals surface area contributed by atoms with Crippen LogP contribution in [0.15, 0.2) is 0 Å². The Morgan fingerprint density at radius 1 is 1.00 bits per heavy atom. The summed E-state index contributed by atoms with van der Waals surface area (Å²) >= 11 is 0. The fourth-order valence-electron chi connectivity index (χ4n) is 2.82. The van der Waals surface area contributed by atoms with E-state index in [1.165, 1.54) is 64.6 Å². The van der Waals surface area contributed by atoms with Crippen LogP contribution in [-0.2, 0) is 0 Å². The van der Waals surface area contributed by atoms with E-state index in [4.69, 9.17) is 0 Å². The molecular weight excluding hydrogens is 172 g/mol. The molecule has 0 aromatic rings. The predicted molar refractivity (Wildman–Crippen MR) is 60.5 cm³/mol. The third kappa shape index (κ3) is 3.25. The van der Waals surface area contributed by atoms with Crippen molar-refractivity contribution in [2.24, 2.45) is 5.92 Å². The summed E-state index contributed by atoms with van der Waals surface area (Å²) in [6, 6.07) is 0.803. The Kier molecular flexibility index (Phi) is 4.26. The van der Waals surface area contributed by atoms with E-state index in [1.807, 2.05) is 0 Å². The second kappa shape index (κ2) is 5.72. The molecule has 2 nitrogen and oxygen atoms in total. The maximum absolute atomic E-state index is 3.71. The first-order chi connectivity index (χ1) is 6.95. The Morgan fingerprint density at radius 3 is 2.43 bits per heavy atom. The van der Waals surface area contributed by atoms with Crippen LogP contribution in [0, 0.1) is 5.92 Å². The molecule has 1 saturated carbocycles. The summed E-state index contributed by atoms with van der Waals surface area (Å²) in [5.74, 6) is 1.05. The van der Waals surface area contributed by atoms with E-state index < -0.39 is 0 Å². The molecule has 1 saturated heterocycles. The molecule has 82 valence electrons. The van der Waals surface area contributed by atoms with E-state index in [0.717, 1.165) is 12.0 Å². The molecule has 1 aliphatic carbocycles. The summed E-state index contributed by atoms with van der Waals surface area (Å²) in [4.78, 5) is 0. The zero-order chi connectivity index (χ0) is 9.64. The molecule has 14 heavy (non-hydrogen) atoms. The van der Waals surface area contributed by atoms with Crippen molar-refractivity contribution in [3.63, 3.8) is 0 Å². The van der Waals surface area contributed by atoms with Crippen molar-refractivity contribution < 1.29 is 0 Å². The van der Waals surface area contributed by atoms with Crippen molar-refractivity contribution in [2.75, 3.05) is 19.6 Å². The van der Waals surface area contributed by atoms with Crippen LogP contribution in [-0.4, -0.2) is 25.7 Å². The van der Waals surface area contributed by atoms with Gasteiger partial charge >= 0.3 is 0 Å². The van der Waals surface area contributed by atoms with Crippen molar-refractivity contribution in [1.82, 2.24) is 10.6 Å². The van der Waals surface area contributed by atoms with E-state index in [-0.39, 0.29) is 0 Å². The maximum atomic E-state index is 3.71. The molecule has 1 aliphatic heterocycles. The van der Waals surface area contributed by atoms with Crippen LogP contribution in [0.3, 0.4) is 0 Å². The Hall–Kier alpha value is -0.0800. The fraction of sp³-hybridized carbons (Fsp3) is 1.00. The van der Waals surface area contributed by atoms with Crippen molar-refractivity contribution >= 4 is 0 Å². The number of hydrogen-bond acceptors (Lipinski definition) is 2. The van der Waals surface area contributed by atoms with Crippen LogP contribution in [0.1, 0.15) is 44.9 Å². The number of hydrogen-bond donors (Lipinski definition) is 2. The molecule has 0 radical (unpaired) electrons. The topological polar surface area (TPSA) is 24.1 Å². The third-order valence-corrected chi connectivity index (χ3v) is 3.80. The Bertz CT molecular complexity index is 146. The average molecular weight is 196 g/mol. The Balaban J connectivity index is 1.52. The third-order valence-electron chi connectivity index (χ3n) is 3.80. The van der Waals surface area contributed by atoms with Gasteiger partial charge in [0.2, 0.25) is 0 Å². The smallest absolute Gasteiger partial charge is 0.00912 e. The van der Waals surface area contributed by atoms with Crippen LogP contribution < -0.4 is 10.6 Å². The SMILES string of the molecule is C1CCC(CCNC2CCNCC2)C1. The summed E-state index contributed by atoms with van der Waals surface area (Å²) in [7, 11) is 0. The van der Waals surface area contributed by atoms with E-state index in [1.54, 1.807) is 0 Å². The van der Waals surface area contributed by atoms with Gasteiger partial charge in [0.15, 0.2) is 0 Å². The highest BCUT2D eigenvalue weighted by Crippen LogP contribution is 2.26. The second-order valence-corrected chi connectivity index (χ2v) is 4.92. The lowest BCUT2D eigenvalue weighted by Gasteiger charge is -2.24. The lowest BCUT2D eigenvalue weighted by atomic mass is 10.0. The summed E-state index contributed by atoms with van der Waals surface area (Å²) < 4.78 is 0. The van der Waals surface area contributed by atoms with Gasteiger partial charge in [0.25, 0.3) is 0 Å². The van der Waals surface area contributed by atoms with E-state index in [2.05, 4.69) is 10.6 Å². The molecule has 2 aliphatic rings. The van der Waals surface area contributed by atoms with Crippen LogP contribution in [0.4, 0.5) is 0 Å². The largest absolute Gasteiger partial charge is 0.317 e. The minimum Gasteiger partial charge on any atom is -0.317 e. The number of nitrogens with one attached hydrogen (secondary N) is 2. The molecule has 2 rings (SSSR count). The van der Waals surface area contributed by atoms with Crippen LogP contribution >= 0.6 is 0 Å². The molecule has 2 fully saturated rings. The maximum Gasteiger partial charge on any atom is 0.00912 e. The predicted octanol–water partition coefficient (Wildman–Crippen LogP) is 1.91. The minimum absolute atomic E-state index is 0.803. The first-order valence-corrected chi connectivity index (χ1v) is 6.39. The lowest BCUT2D eigenvalue weighted by molar-refractivity contribution is 0.368. The molecule has 0 spiro atoms. The van der Waals surface area contributed by atoms with Gasteiger partial charge in [0, 0.05) is 6.04 Å². The first-order valence-electron chi connectivity index (χ1n) is 6.39. The number of rotatable bonds is 4. The van der Waals surface area contributed by atoms with Crippen molar-refractivity contribution in [1.29, 1.82) is 0 Å². The van der Waals surface area contributed by atoms with E-state index in [9.17, 15) is 0 Å². The van der Waals surface area contributed by atoms with Gasteiger partial charge < -0.3 is 10.6 Å². The van der Waals surface area contributed by atoms with Gasteiger partial charge in [-0.3, -0.25) is 0 Å². The fourth-order valence-corrected chi connectivity index (χ4v) is 2.82. The zero-order valence-corrected chi connectivity index (χ0v) is 9.23. The Labute approximate surface area is 87.8 Å².